The van der Waals surface area contributed by atoms with Crippen molar-refractivity contribution in [1.29, 1.82) is 0 Å². The Morgan fingerprint density at radius 3 is 2.93 bits per heavy atom. The maximum Gasteiger partial charge on any atom is 0.231 e. The molecule has 0 bridgehead atoms. The summed E-state index contributed by atoms with van der Waals surface area (Å²) in [6.45, 7) is 4.04. The zero-order valence-corrected chi connectivity index (χ0v) is 10.3. The summed E-state index contributed by atoms with van der Waals surface area (Å²) in [7, 11) is 0. The third kappa shape index (κ3) is 2.18. The monoisotopic (exact) mass is 279 g/mol. The van der Waals surface area contributed by atoms with E-state index in [-0.39, 0.29) is 10.7 Å². The molecule has 5 heteroatoms. The van der Waals surface area contributed by atoms with Crippen molar-refractivity contribution in [2.24, 2.45) is 5.41 Å². The number of rotatable bonds is 1. The Kier molecular flexibility index (Phi) is 3.03. The molecule has 1 amide bonds. The van der Waals surface area contributed by atoms with Crippen LogP contribution in [0, 0.1) is 5.41 Å². The number of hydrogen-bond donors (Lipinski definition) is 0. The van der Waals surface area contributed by atoms with Gasteiger partial charge in [0.15, 0.2) is 0 Å². The number of carbonyl (C=O) groups excluding carboxylic acids is 1. The molecular formula is C10H15BrFNO2. The van der Waals surface area contributed by atoms with Gasteiger partial charge in [-0.25, -0.2) is 4.39 Å². The number of nitrogens with zero attached hydrogens (tertiary/aromatic N) is 1. The van der Waals surface area contributed by atoms with E-state index in [1.807, 2.05) is 0 Å². The average molecular weight is 280 g/mol. The van der Waals surface area contributed by atoms with Gasteiger partial charge in [-0.1, -0.05) is 15.9 Å². The summed E-state index contributed by atoms with van der Waals surface area (Å²) in [6, 6.07) is 0. The molecule has 1 aliphatic carbocycles. The number of ether oxygens (including phenoxy) is 1. The van der Waals surface area contributed by atoms with E-state index in [0.29, 0.717) is 32.7 Å². The summed E-state index contributed by atoms with van der Waals surface area (Å²) >= 11 is 3.44. The SMILES string of the molecule is CC1(C(=O)N2CCOCC(Br)C2)CC1F. The van der Waals surface area contributed by atoms with Gasteiger partial charge < -0.3 is 9.64 Å². The lowest BCUT2D eigenvalue weighted by Crippen LogP contribution is -2.41. The minimum Gasteiger partial charge on any atom is -0.378 e. The van der Waals surface area contributed by atoms with Crippen molar-refractivity contribution < 1.29 is 13.9 Å². The Bertz CT molecular complexity index is 276. The highest BCUT2D eigenvalue weighted by atomic mass is 79.9. The first-order chi connectivity index (χ1) is 7.04. The molecule has 2 rings (SSSR count). The van der Waals surface area contributed by atoms with E-state index >= 15 is 0 Å². The van der Waals surface area contributed by atoms with Crippen molar-refractivity contribution in [1.82, 2.24) is 4.90 Å². The van der Waals surface area contributed by atoms with Crippen LogP contribution < -0.4 is 0 Å². The number of amides is 1. The molecule has 0 spiro atoms. The fraction of sp³-hybridized carbons (Fsp3) is 0.900. The van der Waals surface area contributed by atoms with Gasteiger partial charge in [0.1, 0.15) is 6.17 Å². The third-order valence-electron chi connectivity index (χ3n) is 3.13. The number of alkyl halides is 2. The van der Waals surface area contributed by atoms with Gasteiger partial charge in [0, 0.05) is 13.1 Å². The van der Waals surface area contributed by atoms with Crippen molar-refractivity contribution in [3.63, 3.8) is 0 Å². The largest absolute Gasteiger partial charge is 0.378 e. The van der Waals surface area contributed by atoms with E-state index in [0.717, 1.165) is 0 Å². The van der Waals surface area contributed by atoms with Crippen LogP contribution in [0.2, 0.25) is 0 Å². The standard InChI is InChI=1S/C10H15BrFNO2/c1-10(4-8(10)12)9(14)13-2-3-15-6-7(11)5-13/h7-8H,2-6H2,1H3. The molecule has 3 unspecified atom stereocenters. The van der Waals surface area contributed by atoms with Crippen LogP contribution in [-0.2, 0) is 9.53 Å². The summed E-state index contributed by atoms with van der Waals surface area (Å²) < 4.78 is 18.4. The highest BCUT2D eigenvalue weighted by Crippen LogP contribution is 2.49. The van der Waals surface area contributed by atoms with Crippen LogP contribution >= 0.6 is 15.9 Å². The summed E-state index contributed by atoms with van der Waals surface area (Å²) in [6.07, 6.45) is -0.584. The zero-order valence-electron chi connectivity index (χ0n) is 8.71. The highest BCUT2D eigenvalue weighted by molar-refractivity contribution is 9.09. The highest BCUT2D eigenvalue weighted by Gasteiger charge is 2.58. The van der Waals surface area contributed by atoms with E-state index in [1.165, 1.54) is 0 Å². The molecular weight excluding hydrogens is 265 g/mol. The van der Waals surface area contributed by atoms with Crippen molar-refractivity contribution in [2.75, 3.05) is 26.3 Å². The third-order valence-corrected chi connectivity index (χ3v) is 3.69. The second-order valence-corrected chi connectivity index (χ2v) is 5.81. The molecule has 3 nitrogen and oxygen atoms in total. The number of carbonyl (C=O) groups is 1. The normalized spacial score (nSPS) is 41.1. The van der Waals surface area contributed by atoms with Crippen LogP contribution in [0.5, 0.6) is 0 Å². The van der Waals surface area contributed by atoms with Gasteiger partial charge >= 0.3 is 0 Å². The predicted molar refractivity (Wildman–Crippen MR) is 57.7 cm³/mol. The van der Waals surface area contributed by atoms with Crippen LogP contribution in [0.3, 0.4) is 0 Å². The quantitative estimate of drug-likeness (QED) is 0.679. The van der Waals surface area contributed by atoms with Gasteiger partial charge in [0.25, 0.3) is 0 Å². The molecule has 3 atom stereocenters. The van der Waals surface area contributed by atoms with Crippen LogP contribution in [0.15, 0.2) is 0 Å². The summed E-state index contributed by atoms with van der Waals surface area (Å²) in [5, 5.41) is 0. The minimum absolute atomic E-state index is 0.0649. The Balaban J connectivity index is 2.00. The molecule has 1 saturated heterocycles. The van der Waals surface area contributed by atoms with Crippen LogP contribution in [-0.4, -0.2) is 48.1 Å². The summed E-state index contributed by atoms with van der Waals surface area (Å²) in [4.78, 5) is 13.9. The van der Waals surface area contributed by atoms with E-state index in [4.69, 9.17) is 4.74 Å². The molecule has 0 radical (unpaired) electrons. The van der Waals surface area contributed by atoms with Gasteiger partial charge in [0.05, 0.1) is 23.5 Å². The van der Waals surface area contributed by atoms with Gasteiger partial charge in [-0.15, -0.1) is 0 Å². The first kappa shape index (κ1) is 11.3. The maximum atomic E-state index is 13.1. The molecule has 0 aromatic heterocycles. The summed E-state index contributed by atoms with van der Waals surface area (Å²) in [5.74, 6) is -0.0649. The van der Waals surface area contributed by atoms with Gasteiger partial charge in [0.2, 0.25) is 5.91 Å². The maximum absolute atomic E-state index is 13.1. The van der Waals surface area contributed by atoms with Crippen molar-refractivity contribution >= 4 is 21.8 Å². The van der Waals surface area contributed by atoms with Crippen molar-refractivity contribution in [3.8, 4) is 0 Å². The van der Waals surface area contributed by atoms with Crippen LogP contribution in [0.25, 0.3) is 0 Å². The predicted octanol–water partition coefficient (Wildman–Crippen LogP) is 1.36. The molecule has 0 aromatic carbocycles. The molecule has 0 N–H and O–H groups in total. The molecule has 1 saturated carbocycles. The average Bonchev–Trinajstić information content (AvgIpc) is 2.85. The molecule has 2 aliphatic rings. The molecule has 0 aromatic rings. The van der Waals surface area contributed by atoms with E-state index in [2.05, 4.69) is 15.9 Å². The topological polar surface area (TPSA) is 29.5 Å². The first-order valence-electron chi connectivity index (χ1n) is 5.19. The Labute approximate surface area is 97.1 Å². The van der Waals surface area contributed by atoms with Crippen molar-refractivity contribution in [2.45, 2.75) is 24.3 Å². The molecule has 86 valence electrons. The van der Waals surface area contributed by atoms with Gasteiger partial charge in [-0.05, 0) is 13.3 Å². The lowest BCUT2D eigenvalue weighted by Gasteiger charge is -2.24. The van der Waals surface area contributed by atoms with Crippen molar-refractivity contribution in [3.05, 3.63) is 0 Å². The Hall–Kier alpha value is -0.160. The number of hydrogen-bond acceptors (Lipinski definition) is 2. The van der Waals surface area contributed by atoms with Crippen LogP contribution in [0.4, 0.5) is 4.39 Å². The fourth-order valence-electron chi connectivity index (χ4n) is 1.85. The number of halogens is 2. The van der Waals surface area contributed by atoms with E-state index in [9.17, 15) is 9.18 Å². The Morgan fingerprint density at radius 1 is 1.67 bits per heavy atom. The molecule has 15 heavy (non-hydrogen) atoms. The minimum atomic E-state index is -0.956. The molecule has 2 fully saturated rings. The smallest absolute Gasteiger partial charge is 0.231 e. The first-order valence-corrected chi connectivity index (χ1v) is 6.11. The molecule has 1 heterocycles. The Morgan fingerprint density at radius 2 is 2.33 bits per heavy atom. The summed E-state index contributed by atoms with van der Waals surface area (Å²) in [5.41, 5.74) is -0.753. The van der Waals surface area contributed by atoms with Gasteiger partial charge in [-0.2, -0.15) is 0 Å². The van der Waals surface area contributed by atoms with Gasteiger partial charge in [-0.3, -0.25) is 4.79 Å². The van der Waals surface area contributed by atoms with Crippen LogP contribution in [0.1, 0.15) is 13.3 Å². The second-order valence-electron chi connectivity index (χ2n) is 4.51. The lowest BCUT2D eigenvalue weighted by molar-refractivity contribution is -0.137. The van der Waals surface area contributed by atoms with E-state index < -0.39 is 11.6 Å². The fourth-order valence-corrected chi connectivity index (χ4v) is 2.39. The molecule has 1 aliphatic heterocycles. The zero-order chi connectivity index (χ0) is 11.1. The second kappa shape index (κ2) is 4.01. The van der Waals surface area contributed by atoms with E-state index in [1.54, 1.807) is 11.8 Å². The lowest BCUT2D eigenvalue weighted by atomic mass is 10.1.